The largest absolute Gasteiger partial charge is 0.215 e. The molecule has 0 spiro atoms. The Balaban J connectivity index is 0.000000176. The third-order valence-corrected chi connectivity index (χ3v) is 18.1. The van der Waals surface area contributed by atoms with E-state index in [1.54, 1.807) is 30.6 Å². The van der Waals surface area contributed by atoms with E-state index in [9.17, 15) is 0 Å². The van der Waals surface area contributed by atoms with Crippen LogP contribution in [-0.2, 0) is 42.3 Å². The van der Waals surface area contributed by atoms with Crippen molar-refractivity contribution in [2.45, 2.75) is 124 Å². The van der Waals surface area contributed by atoms with Gasteiger partial charge in [-0.3, -0.25) is 0 Å². The summed E-state index contributed by atoms with van der Waals surface area (Å²) in [5, 5.41) is 0. The molecule has 12 rings (SSSR count). The second-order valence-corrected chi connectivity index (χ2v) is 25.8. The van der Waals surface area contributed by atoms with Crippen LogP contribution in [0.3, 0.4) is 0 Å². The smallest absolute Gasteiger partial charge is 0.201 e. The van der Waals surface area contributed by atoms with E-state index in [4.69, 9.17) is 12.3 Å². The SMILES string of the molecule is Cc1cc(C)c(-c2ccccc2C)[n+](C)c1.Cc1ccc(-c2c(C)cccc2C)[n+](C)c1.Cc1ccccc1-c1ccc(C)c(C)[n+]1C.[2H]C([2H])([2H])c1cc(C)c(-c2ccccc2C)[n+](C)c1.[2H]C([2H])([2H])c1ccc(-c2c(C)cccc2C)[n+](C)c1.[2H]C([2H])([2H])c1ccc(-c2ccccc2C)[n+](C)c1C. The predicted molar refractivity (Wildman–Crippen MR) is 404 cm³/mol. The van der Waals surface area contributed by atoms with Gasteiger partial charge in [-0.2, -0.15) is 9.13 Å². The first kappa shape index (κ1) is 61.1. The van der Waals surface area contributed by atoms with E-state index in [0.717, 1.165) is 39.5 Å². The molecule has 0 saturated carbocycles. The van der Waals surface area contributed by atoms with E-state index >= 15 is 0 Å². The van der Waals surface area contributed by atoms with Crippen LogP contribution in [0.15, 0.2) is 219 Å². The second kappa shape index (κ2) is 33.6. The van der Waals surface area contributed by atoms with Crippen molar-refractivity contribution in [3.8, 4) is 67.5 Å². The summed E-state index contributed by atoms with van der Waals surface area (Å²) in [6.45, 7) is 25.3. The van der Waals surface area contributed by atoms with Gasteiger partial charge in [0.15, 0.2) is 36.2 Å². The molecular formula is C90H108N6+6. The summed E-state index contributed by atoms with van der Waals surface area (Å²) >= 11 is 0. The molecule has 0 atom stereocenters. The maximum Gasteiger partial charge on any atom is 0.215 e. The van der Waals surface area contributed by atoms with E-state index in [2.05, 4.69) is 271 Å². The molecule has 6 heterocycles. The van der Waals surface area contributed by atoms with Crippen molar-refractivity contribution in [2.24, 2.45) is 42.3 Å². The fraction of sp³-hybridized carbons (Fsp3) is 0.267. The van der Waals surface area contributed by atoms with E-state index in [0.29, 0.717) is 16.7 Å². The highest BCUT2D eigenvalue weighted by Gasteiger charge is 2.21. The maximum atomic E-state index is 7.55. The van der Waals surface area contributed by atoms with Crippen molar-refractivity contribution in [2.75, 3.05) is 0 Å². The van der Waals surface area contributed by atoms with Crippen LogP contribution in [0.2, 0.25) is 0 Å². The molecule has 0 amide bonds. The van der Waals surface area contributed by atoms with Gasteiger partial charge in [0.25, 0.3) is 0 Å². The first-order valence-corrected chi connectivity index (χ1v) is 33.0. The minimum atomic E-state index is -2.06. The van der Waals surface area contributed by atoms with Crippen LogP contribution in [0.4, 0.5) is 0 Å². The highest BCUT2D eigenvalue weighted by molar-refractivity contribution is 5.68. The normalized spacial score (nSPS) is 12.3. The van der Waals surface area contributed by atoms with Crippen molar-refractivity contribution >= 4 is 0 Å². The summed E-state index contributed by atoms with van der Waals surface area (Å²) in [5.74, 6) is 0. The summed E-state index contributed by atoms with van der Waals surface area (Å²) < 4.78 is 79.9. The molecule has 6 heteroatoms. The van der Waals surface area contributed by atoms with E-state index in [-0.39, 0.29) is 0 Å². The fourth-order valence-corrected chi connectivity index (χ4v) is 12.7. The van der Waals surface area contributed by atoms with E-state index < -0.39 is 20.6 Å². The van der Waals surface area contributed by atoms with Gasteiger partial charge in [-0.05, 0) is 216 Å². The fourth-order valence-electron chi connectivity index (χ4n) is 12.7. The zero-order chi connectivity index (χ0) is 77.7. The van der Waals surface area contributed by atoms with Crippen LogP contribution >= 0.6 is 0 Å². The Morgan fingerprint density at radius 3 is 0.917 bits per heavy atom. The highest BCUT2D eigenvalue weighted by atomic mass is 15.0. The Kier molecular flexibility index (Phi) is 21.4. The Bertz CT molecular complexity index is 4980. The number of rotatable bonds is 6. The van der Waals surface area contributed by atoms with Crippen LogP contribution in [0.1, 0.15) is 113 Å². The molecule has 96 heavy (non-hydrogen) atoms. The van der Waals surface area contributed by atoms with Gasteiger partial charge in [0, 0.05) is 117 Å². The Hall–Kier alpha value is -9.78. The lowest BCUT2D eigenvalue weighted by Gasteiger charge is -2.07. The lowest BCUT2D eigenvalue weighted by molar-refractivity contribution is -0.667. The average molecular weight is 1280 g/mol. The summed E-state index contributed by atoms with van der Waals surface area (Å²) in [6.07, 6.45) is 7.73. The topological polar surface area (TPSA) is 23.3 Å². The number of hydrogen-bond acceptors (Lipinski definition) is 0. The van der Waals surface area contributed by atoms with Gasteiger partial charge in [-0.15, -0.1) is 0 Å². The molecule has 0 aliphatic heterocycles. The third-order valence-electron chi connectivity index (χ3n) is 18.1. The molecule has 0 fully saturated rings. The van der Waals surface area contributed by atoms with Crippen molar-refractivity contribution in [3.63, 3.8) is 0 Å². The van der Waals surface area contributed by atoms with Crippen LogP contribution in [0.5, 0.6) is 0 Å². The summed E-state index contributed by atoms with van der Waals surface area (Å²) in [7, 11) is 12.0. The lowest BCUT2D eigenvalue weighted by Crippen LogP contribution is -2.35. The molecule has 0 N–H and O–H groups in total. The molecule has 492 valence electrons. The van der Waals surface area contributed by atoms with Gasteiger partial charge in [-0.25, -0.2) is 18.3 Å². The molecule has 0 aliphatic rings. The number of aryl methyl sites for hydroxylation is 20. The molecule has 6 aromatic heterocycles. The Morgan fingerprint density at radius 2 is 0.542 bits per heavy atom. The zero-order valence-corrected chi connectivity index (χ0v) is 61.0. The monoisotopic (exact) mass is 1280 g/mol. The van der Waals surface area contributed by atoms with Gasteiger partial charge in [0.2, 0.25) is 34.2 Å². The van der Waals surface area contributed by atoms with Gasteiger partial charge < -0.3 is 0 Å². The van der Waals surface area contributed by atoms with Gasteiger partial charge in [-0.1, -0.05) is 109 Å². The number of benzene rings is 6. The van der Waals surface area contributed by atoms with E-state index in [1.807, 2.05) is 91.2 Å². The molecule has 0 saturated heterocycles. The molecule has 0 bridgehead atoms. The minimum absolute atomic E-state index is 0.366. The zero-order valence-electron chi connectivity index (χ0n) is 70.0. The van der Waals surface area contributed by atoms with Crippen molar-refractivity contribution in [1.82, 2.24) is 0 Å². The van der Waals surface area contributed by atoms with Crippen molar-refractivity contribution in [3.05, 3.63) is 319 Å². The Labute approximate surface area is 590 Å². The molecule has 0 unspecified atom stereocenters. The molecular weight excluding hydrogens is 1170 g/mol. The van der Waals surface area contributed by atoms with Gasteiger partial charge >= 0.3 is 0 Å². The second-order valence-electron chi connectivity index (χ2n) is 25.8. The first-order valence-electron chi connectivity index (χ1n) is 37.5. The average Bonchev–Trinajstić information content (AvgIpc) is 0.787. The standard InChI is InChI=1S/6C15H18N/c2*1-11-8-9-14(16(4)10-11)15-12(2)6-5-7-13(15)3;2*1-11-9-13(3)15(16(4)10-11)14-8-6-5-7-12(14)2;2*1-11-9-10-15(16(4)13(11)3)14-8-6-5-7-12(14)2/h6*5-10H,1-4H3/q6*+1/i1D3;;1D3;;1D3;. The number of aromatic nitrogens is 6. The molecule has 6 nitrogen and oxygen atoms in total. The molecule has 0 radical (unpaired) electrons. The maximum absolute atomic E-state index is 7.55. The number of pyridine rings is 6. The first-order chi connectivity index (χ1) is 49.2. The van der Waals surface area contributed by atoms with Crippen LogP contribution in [0, 0.1) is 124 Å². The lowest BCUT2D eigenvalue weighted by atomic mass is 9.99. The summed E-state index contributed by atoms with van der Waals surface area (Å²) in [5.41, 5.74) is 34.0. The van der Waals surface area contributed by atoms with Crippen LogP contribution < -0.4 is 27.4 Å². The van der Waals surface area contributed by atoms with Gasteiger partial charge in [0.1, 0.15) is 42.3 Å². The van der Waals surface area contributed by atoms with Crippen LogP contribution in [-0.4, -0.2) is 0 Å². The third kappa shape index (κ3) is 18.4. The summed E-state index contributed by atoms with van der Waals surface area (Å²) in [6, 6.07) is 65.8. The molecule has 12 aromatic rings. The quantitative estimate of drug-likeness (QED) is 0.148. The molecule has 0 aliphatic carbocycles. The van der Waals surface area contributed by atoms with Crippen molar-refractivity contribution < 1.29 is 39.7 Å². The van der Waals surface area contributed by atoms with Crippen molar-refractivity contribution in [1.29, 1.82) is 0 Å². The minimum Gasteiger partial charge on any atom is -0.201 e. The predicted octanol–water partition coefficient (Wildman–Crippen LogP) is 18.6. The van der Waals surface area contributed by atoms with Gasteiger partial charge in [0.05, 0.1) is 11.1 Å². The number of hydrogen-bond donors (Lipinski definition) is 0. The highest BCUT2D eigenvalue weighted by Crippen LogP contribution is 2.29. The molecule has 6 aromatic carbocycles. The number of nitrogens with zero attached hydrogens (tertiary/aromatic N) is 6. The van der Waals surface area contributed by atoms with Crippen LogP contribution in [0.25, 0.3) is 67.5 Å². The Morgan fingerprint density at radius 1 is 0.229 bits per heavy atom. The van der Waals surface area contributed by atoms with E-state index in [1.165, 1.54) is 112 Å². The summed E-state index contributed by atoms with van der Waals surface area (Å²) in [4.78, 5) is 0.